The summed E-state index contributed by atoms with van der Waals surface area (Å²) in [5, 5.41) is 0.587. The first kappa shape index (κ1) is 12.7. The number of thioether (sulfide) groups is 1. The fraction of sp³-hybridized carbons (Fsp3) is 0.400. The van der Waals surface area contributed by atoms with Crippen LogP contribution in [0, 0.1) is 13.8 Å². The van der Waals surface area contributed by atoms with Gasteiger partial charge in [-0.1, -0.05) is 11.6 Å². The minimum atomic E-state index is -4.13. The third-order valence-electron chi connectivity index (χ3n) is 1.85. The summed E-state index contributed by atoms with van der Waals surface area (Å²) >= 11 is 6.64. The number of alkyl halides is 3. The summed E-state index contributed by atoms with van der Waals surface area (Å²) in [6.45, 7) is 3.53. The Morgan fingerprint density at radius 2 is 1.80 bits per heavy atom. The summed E-state index contributed by atoms with van der Waals surface area (Å²) in [7, 11) is 0. The van der Waals surface area contributed by atoms with E-state index in [1.54, 1.807) is 26.0 Å². The Morgan fingerprint density at radius 1 is 1.20 bits per heavy atom. The van der Waals surface area contributed by atoms with E-state index in [0.29, 0.717) is 9.92 Å². The zero-order valence-corrected chi connectivity index (χ0v) is 9.85. The lowest BCUT2D eigenvalue weighted by Gasteiger charge is -2.10. The molecular formula is C10H10ClF3S. The number of halogens is 4. The summed E-state index contributed by atoms with van der Waals surface area (Å²) < 4.78 is 36.0. The summed E-state index contributed by atoms with van der Waals surface area (Å²) in [6, 6.07) is 3.38. The molecule has 5 heteroatoms. The van der Waals surface area contributed by atoms with Gasteiger partial charge in [0, 0.05) is 9.92 Å². The summed E-state index contributed by atoms with van der Waals surface area (Å²) in [4.78, 5) is 0.634. The molecule has 0 atom stereocenters. The minimum Gasteiger partial charge on any atom is -0.170 e. The number of hydrogen-bond donors (Lipinski definition) is 0. The van der Waals surface area contributed by atoms with E-state index in [1.807, 2.05) is 0 Å². The van der Waals surface area contributed by atoms with Crippen LogP contribution in [0.2, 0.25) is 5.02 Å². The van der Waals surface area contributed by atoms with Crippen molar-refractivity contribution in [3.05, 3.63) is 28.3 Å². The average Bonchev–Trinajstić information content (AvgIpc) is 2.07. The van der Waals surface area contributed by atoms with Crippen LogP contribution in [0.4, 0.5) is 13.2 Å². The molecule has 1 aromatic carbocycles. The van der Waals surface area contributed by atoms with Gasteiger partial charge in [-0.2, -0.15) is 13.2 Å². The van der Waals surface area contributed by atoms with E-state index in [4.69, 9.17) is 11.6 Å². The predicted molar refractivity (Wildman–Crippen MR) is 57.7 cm³/mol. The van der Waals surface area contributed by atoms with Crippen molar-refractivity contribution >= 4 is 23.4 Å². The SMILES string of the molecule is Cc1cc(SCC(F)(F)F)c(C)cc1Cl. The van der Waals surface area contributed by atoms with Crippen LogP contribution >= 0.6 is 23.4 Å². The number of aryl methyl sites for hydroxylation is 2. The molecule has 0 saturated carbocycles. The Balaban J connectivity index is 2.82. The van der Waals surface area contributed by atoms with Gasteiger partial charge in [-0.3, -0.25) is 0 Å². The molecule has 0 unspecified atom stereocenters. The lowest BCUT2D eigenvalue weighted by Crippen LogP contribution is -2.10. The van der Waals surface area contributed by atoms with Crippen molar-refractivity contribution in [1.82, 2.24) is 0 Å². The number of rotatable bonds is 2. The van der Waals surface area contributed by atoms with Crippen molar-refractivity contribution in [3.8, 4) is 0 Å². The lowest BCUT2D eigenvalue weighted by molar-refractivity contribution is -0.105. The predicted octanol–water partition coefficient (Wildman–Crippen LogP) is 4.61. The molecule has 0 heterocycles. The highest BCUT2D eigenvalue weighted by Gasteiger charge is 2.27. The van der Waals surface area contributed by atoms with E-state index < -0.39 is 11.9 Å². The van der Waals surface area contributed by atoms with Gasteiger partial charge in [0.2, 0.25) is 0 Å². The van der Waals surface area contributed by atoms with Gasteiger partial charge >= 0.3 is 6.18 Å². The molecular weight excluding hydrogens is 245 g/mol. The maximum atomic E-state index is 12.0. The second kappa shape index (κ2) is 4.66. The Hall–Kier alpha value is -0.350. The third kappa shape index (κ3) is 3.95. The van der Waals surface area contributed by atoms with Gasteiger partial charge in [0.15, 0.2) is 0 Å². The molecule has 15 heavy (non-hydrogen) atoms. The standard InChI is InChI=1S/C10H10ClF3S/c1-6-4-9(7(2)3-8(6)11)15-5-10(12,13)14/h3-4H,5H2,1-2H3. The maximum absolute atomic E-state index is 12.0. The molecule has 1 rings (SSSR count). The topological polar surface area (TPSA) is 0 Å². The normalized spacial score (nSPS) is 11.9. The lowest BCUT2D eigenvalue weighted by atomic mass is 10.2. The van der Waals surface area contributed by atoms with Crippen LogP contribution in [0.15, 0.2) is 17.0 Å². The third-order valence-corrected chi connectivity index (χ3v) is 3.48. The zero-order valence-electron chi connectivity index (χ0n) is 8.28. The van der Waals surface area contributed by atoms with Crippen molar-refractivity contribution < 1.29 is 13.2 Å². The molecule has 0 fully saturated rings. The molecule has 1 aromatic rings. The van der Waals surface area contributed by atoms with Crippen LogP contribution in [0.5, 0.6) is 0 Å². The van der Waals surface area contributed by atoms with Crippen molar-refractivity contribution in [3.63, 3.8) is 0 Å². The van der Waals surface area contributed by atoms with Gasteiger partial charge in [-0.05, 0) is 37.1 Å². The molecule has 84 valence electrons. The Kier molecular flexibility index (Phi) is 3.95. The van der Waals surface area contributed by atoms with Crippen molar-refractivity contribution in [1.29, 1.82) is 0 Å². The fourth-order valence-corrected chi connectivity index (χ4v) is 2.15. The maximum Gasteiger partial charge on any atom is 0.398 e. The molecule has 0 spiro atoms. The summed E-state index contributed by atoms with van der Waals surface area (Å²) in [5.41, 5.74) is 1.58. The van der Waals surface area contributed by atoms with Gasteiger partial charge in [-0.25, -0.2) is 0 Å². The molecule has 0 aromatic heterocycles. The van der Waals surface area contributed by atoms with Crippen LogP contribution in [0.1, 0.15) is 11.1 Å². The van der Waals surface area contributed by atoms with E-state index in [9.17, 15) is 13.2 Å². The molecule has 0 aliphatic rings. The van der Waals surface area contributed by atoms with Crippen LogP contribution in [-0.4, -0.2) is 11.9 Å². The monoisotopic (exact) mass is 254 g/mol. The van der Waals surface area contributed by atoms with E-state index in [-0.39, 0.29) is 0 Å². The molecule has 0 aliphatic carbocycles. The molecule has 0 aliphatic heterocycles. The summed E-state index contributed by atoms with van der Waals surface area (Å²) in [6.07, 6.45) is -4.13. The van der Waals surface area contributed by atoms with E-state index in [1.165, 1.54) is 0 Å². The van der Waals surface area contributed by atoms with Crippen LogP contribution < -0.4 is 0 Å². The van der Waals surface area contributed by atoms with Crippen molar-refractivity contribution in [2.24, 2.45) is 0 Å². The second-order valence-electron chi connectivity index (χ2n) is 3.27. The first-order valence-electron chi connectivity index (χ1n) is 4.26. The fourth-order valence-electron chi connectivity index (χ4n) is 1.07. The average molecular weight is 255 g/mol. The smallest absolute Gasteiger partial charge is 0.170 e. The van der Waals surface area contributed by atoms with Gasteiger partial charge in [-0.15, -0.1) is 11.8 Å². The van der Waals surface area contributed by atoms with Crippen molar-refractivity contribution in [2.75, 3.05) is 5.75 Å². The molecule has 0 amide bonds. The van der Waals surface area contributed by atoms with Gasteiger partial charge in [0.1, 0.15) is 0 Å². The number of hydrogen-bond acceptors (Lipinski definition) is 1. The van der Waals surface area contributed by atoms with Crippen LogP contribution in [0.3, 0.4) is 0 Å². The van der Waals surface area contributed by atoms with E-state index in [2.05, 4.69) is 0 Å². The van der Waals surface area contributed by atoms with E-state index in [0.717, 1.165) is 22.9 Å². The molecule has 0 radical (unpaired) electrons. The minimum absolute atomic E-state index is 0.587. The highest BCUT2D eigenvalue weighted by molar-refractivity contribution is 7.99. The summed E-state index contributed by atoms with van der Waals surface area (Å²) in [5.74, 6) is -0.866. The first-order chi connectivity index (χ1) is 6.79. The Bertz CT molecular complexity index is 360. The van der Waals surface area contributed by atoms with Crippen LogP contribution in [-0.2, 0) is 0 Å². The van der Waals surface area contributed by atoms with E-state index >= 15 is 0 Å². The quantitative estimate of drug-likeness (QED) is 0.695. The molecule has 0 bridgehead atoms. The molecule has 0 N–H and O–H groups in total. The molecule has 0 saturated heterocycles. The Morgan fingerprint density at radius 3 is 2.33 bits per heavy atom. The molecule has 0 nitrogen and oxygen atoms in total. The van der Waals surface area contributed by atoms with Crippen LogP contribution in [0.25, 0.3) is 0 Å². The largest absolute Gasteiger partial charge is 0.398 e. The zero-order chi connectivity index (χ0) is 11.6. The second-order valence-corrected chi connectivity index (χ2v) is 4.70. The van der Waals surface area contributed by atoms with Gasteiger partial charge in [0.05, 0.1) is 5.75 Å². The van der Waals surface area contributed by atoms with Gasteiger partial charge in [0.25, 0.3) is 0 Å². The highest BCUT2D eigenvalue weighted by Crippen LogP contribution is 2.32. The number of benzene rings is 1. The van der Waals surface area contributed by atoms with Crippen molar-refractivity contribution in [2.45, 2.75) is 24.9 Å². The Labute approximate surface area is 95.8 Å². The van der Waals surface area contributed by atoms with Gasteiger partial charge < -0.3 is 0 Å². The first-order valence-corrected chi connectivity index (χ1v) is 5.62. The highest BCUT2D eigenvalue weighted by atomic mass is 35.5.